The summed E-state index contributed by atoms with van der Waals surface area (Å²) in [6.45, 7) is 5.76. The summed E-state index contributed by atoms with van der Waals surface area (Å²) in [7, 11) is 0. The third-order valence-electron chi connectivity index (χ3n) is 2.27. The van der Waals surface area contributed by atoms with Crippen molar-refractivity contribution >= 4 is 11.8 Å². The Labute approximate surface area is 89.8 Å². The number of rotatable bonds is 2. The molecular formula is C12H16O3. The van der Waals surface area contributed by atoms with Crippen LogP contribution < -0.4 is 0 Å². The molecule has 0 bridgehead atoms. The smallest absolute Gasteiger partial charge is 0.335 e. The van der Waals surface area contributed by atoms with Crippen molar-refractivity contribution in [2.24, 2.45) is 5.41 Å². The summed E-state index contributed by atoms with van der Waals surface area (Å²) >= 11 is 0. The lowest BCUT2D eigenvalue weighted by molar-refractivity contribution is -0.138. The van der Waals surface area contributed by atoms with Crippen molar-refractivity contribution in [1.29, 1.82) is 0 Å². The van der Waals surface area contributed by atoms with Crippen LogP contribution >= 0.6 is 0 Å². The highest BCUT2D eigenvalue weighted by atomic mass is 16.5. The van der Waals surface area contributed by atoms with E-state index in [1.807, 2.05) is 13.8 Å². The van der Waals surface area contributed by atoms with Crippen LogP contribution in [0.1, 0.15) is 33.6 Å². The third kappa shape index (κ3) is 3.35. The molecule has 3 nitrogen and oxygen atoms in total. The molecule has 0 saturated carbocycles. The number of esters is 1. The summed E-state index contributed by atoms with van der Waals surface area (Å²) in [4.78, 5) is 22.7. The molecule has 0 aromatic rings. The van der Waals surface area contributed by atoms with Crippen molar-refractivity contribution in [3.63, 3.8) is 0 Å². The van der Waals surface area contributed by atoms with E-state index in [-0.39, 0.29) is 17.0 Å². The molecule has 0 aromatic carbocycles. The van der Waals surface area contributed by atoms with Crippen molar-refractivity contribution in [3.8, 4) is 0 Å². The Bertz CT molecular complexity index is 335. The molecule has 0 unspecified atom stereocenters. The molecule has 0 radical (unpaired) electrons. The Balaban J connectivity index is 2.68. The molecule has 1 aliphatic rings. The molecule has 1 rings (SSSR count). The van der Waals surface area contributed by atoms with Gasteiger partial charge in [0.25, 0.3) is 0 Å². The lowest BCUT2D eigenvalue weighted by Gasteiger charge is -2.26. The van der Waals surface area contributed by atoms with Crippen LogP contribution in [-0.4, -0.2) is 11.8 Å². The summed E-state index contributed by atoms with van der Waals surface area (Å²) < 4.78 is 4.92. The molecule has 0 aliphatic heterocycles. The molecule has 0 spiro atoms. The Hall–Kier alpha value is -1.38. The predicted molar refractivity (Wildman–Crippen MR) is 57.0 cm³/mol. The van der Waals surface area contributed by atoms with E-state index in [1.165, 1.54) is 6.08 Å². The van der Waals surface area contributed by atoms with Gasteiger partial charge in [0, 0.05) is 12.5 Å². The number of carbonyl (C=O) groups excluding carboxylic acids is 2. The monoisotopic (exact) mass is 208 g/mol. The Morgan fingerprint density at radius 2 is 2.20 bits per heavy atom. The molecule has 0 atom stereocenters. The largest absolute Gasteiger partial charge is 0.420 e. The van der Waals surface area contributed by atoms with Crippen LogP contribution in [0.2, 0.25) is 0 Å². The van der Waals surface area contributed by atoms with E-state index in [0.29, 0.717) is 6.42 Å². The second kappa shape index (κ2) is 4.43. The number of hydrogen-bond donors (Lipinski definition) is 0. The summed E-state index contributed by atoms with van der Waals surface area (Å²) in [6.07, 6.45) is 5.78. The number of allylic oxidation sites excluding steroid dienone is 3. The Morgan fingerprint density at radius 3 is 2.73 bits per heavy atom. The van der Waals surface area contributed by atoms with Gasteiger partial charge in [0.05, 0.1) is 0 Å². The first-order valence-corrected chi connectivity index (χ1v) is 5.02. The lowest BCUT2D eigenvalue weighted by Crippen LogP contribution is -2.24. The maximum absolute atomic E-state index is 11.6. The number of ether oxygens (including phenoxy) is 1. The standard InChI is InChI=1S/C12H16O3/c1-4-5-11(14)15-10-6-7-12(2,3)8-9(10)13/h4-6H,7-8H2,1-3H3/b5-4+. The number of carbonyl (C=O) groups is 2. The van der Waals surface area contributed by atoms with Crippen molar-refractivity contribution in [2.45, 2.75) is 33.6 Å². The van der Waals surface area contributed by atoms with Gasteiger partial charge in [0.2, 0.25) is 0 Å². The van der Waals surface area contributed by atoms with Crippen molar-refractivity contribution in [3.05, 3.63) is 24.0 Å². The normalized spacial score (nSPS) is 20.2. The lowest BCUT2D eigenvalue weighted by atomic mass is 9.80. The van der Waals surface area contributed by atoms with Gasteiger partial charge >= 0.3 is 5.97 Å². The van der Waals surface area contributed by atoms with Crippen molar-refractivity contribution in [2.75, 3.05) is 0 Å². The van der Waals surface area contributed by atoms with Crippen LogP contribution in [0.25, 0.3) is 0 Å². The van der Waals surface area contributed by atoms with Gasteiger partial charge in [-0.1, -0.05) is 19.9 Å². The molecule has 15 heavy (non-hydrogen) atoms. The van der Waals surface area contributed by atoms with E-state index in [4.69, 9.17) is 4.74 Å². The van der Waals surface area contributed by atoms with E-state index < -0.39 is 5.97 Å². The van der Waals surface area contributed by atoms with Crippen molar-refractivity contribution < 1.29 is 14.3 Å². The summed E-state index contributed by atoms with van der Waals surface area (Å²) in [5.74, 6) is -0.390. The molecule has 0 fully saturated rings. The second-order valence-corrected chi connectivity index (χ2v) is 4.46. The SMILES string of the molecule is C/C=C/C(=O)OC1=CCC(C)(C)CC1=O. The highest BCUT2D eigenvalue weighted by Gasteiger charge is 2.29. The predicted octanol–water partition coefficient (Wildman–Crippen LogP) is 2.38. The van der Waals surface area contributed by atoms with E-state index in [1.54, 1.807) is 19.1 Å². The van der Waals surface area contributed by atoms with Gasteiger partial charge in [0.1, 0.15) is 0 Å². The van der Waals surface area contributed by atoms with Gasteiger partial charge in [-0.15, -0.1) is 0 Å². The van der Waals surface area contributed by atoms with Crippen LogP contribution in [0.5, 0.6) is 0 Å². The zero-order chi connectivity index (χ0) is 11.5. The fourth-order valence-corrected chi connectivity index (χ4v) is 1.45. The molecule has 3 heteroatoms. The fraction of sp³-hybridized carbons (Fsp3) is 0.500. The van der Waals surface area contributed by atoms with Gasteiger partial charge in [-0.2, -0.15) is 0 Å². The molecule has 82 valence electrons. The van der Waals surface area contributed by atoms with E-state index >= 15 is 0 Å². The molecule has 0 N–H and O–H groups in total. The maximum Gasteiger partial charge on any atom is 0.335 e. The molecule has 0 heterocycles. The first-order valence-electron chi connectivity index (χ1n) is 5.02. The van der Waals surface area contributed by atoms with Crippen LogP contribution in [0.4, 0.5) is 0 Å². The minimum Gasteiger partial charge on any atom is -0.420 e. The highest BCUT2D eigenvalue weighted by Crippen LogP contribution is 2.32. The molecule has 1 aliphatic carbocycles. The number of hydrogen-bond acceptors (Lipinski definition) is 3. The van der Waals surface area contributed by atoms with E-state index in [9.17, 15) is 9.59 Å². The van der Waals surface area contributed by atoms with E-state index in [0.717, 1.165) is 6.42 Å². The quantitative estimate of drug-likeness (QED) is 0.517. The van der Waals surface area contributed by atoms with Crippen LogP contribution in [0.15, 0.2) is 24.0 Å². The minimum atomic E-state index is -0.489. The second-order valence-electron chi connectivity index (χ2n) is 4.46. The summed E-state index contributed by atoms with van der Waals surface area (Å²) in [6, 6.07) is 0. The van der Waals surface area contributed by atoms with Crippen molar-refractivity contribution in [1.82, 2.24) is 0 Å². The topological polar surface area (TPSA) is 43.4 Å². The van der Waals surface area contributed by atoms with Gasteiger partial charge in [-0.3, -0.25) is 4.79 Å². The average Bonchev–Trinajstić information content (AvgIpc) is 2.10. The van der Waals surface area contributed by atoms with Gasteiger partial charge in [0.15, 0.2) is 11.5 Å². The van der Waals surface area contributed by atoms with Crippen LogP contribution in [-0.2, 0) is 14.3 Å². The Morgan fingerprint density at radius 1 is 1.53 bits per heavy atom. The Kier molecular flexibility index (Phi) is 3.45. The number of ketones is 1. The van der Waals surface area contributed by atoms with E-state index in [2.05, 4.69) is 0 Å². The molecular weight excluding hydrogens is 192 g/mol. The first kappa shape index (κ1) is 11.7. The van der Waals surface area contributed by atoms with Gasteiger partial charge < -0.3 is 4.74 Å². The van der Waals surface area contributed by atoms with Gasteiger partial charge in [-0.05, 0) is 24.8 Å². The number of Topliss-reactive ketones (excluding diaryl/α,β-unsaturated/α-hetero) is 1. The zero-order valence-corrected chi connectivity index (χ0v) is 9.37. The summed E-state index contributed by atoms with van der Waals surface area (Å²) in [5, 5.41) is 0. The fourth-order valence-electron chi connectivity index (χ4n) is 1.45. The average molecular weight is 208 g/mol. The third-order valence-corrected chi connectivity index (χ3v) is 2.27. The minimum absolute atomic E-state index is 0.0203. The zero-order valence-electron chi connectivity index (χ0n) is 9.37. The molecule has 0 amide bonds. The van der Waals surface area contributed by atoms with Gasteiger partial charge in [-0.25, -0.2) is 4.79 Å². The summed E-state index contributed by atoms with van der Waals surface area (Å²) in [5.41, 5.74) is -0.0203. The van der Waals surface area contributed by atoms with Crippen LogP contribution in [0.3, 0.4) is 0 Å². The van der Waals surface area contributed by atoms with Crippen LogP contribution in [0, 0.1) is 5.41 Å². The first-order chi connectivity index (χ1) is 6.94. The maximum atomic E-state index is 11.6. The molecule has 0 saturated heterocycles. The molecule has 0 aromatic heterocycles. The highest BCUT2D eigenvalue weighted by molar-refractivity contribution is 5.98.